The van der Waals surface area contributed by atoms with Crippen molar-refractivity contribution < 1.29 is 4.79 Å². The molecular formula is C24H29N3O. The molecule has 1 N–H and O–H groups in total. The minimum absolute atomic E-state index is 0.117. The molecule has 146 valence electrons. The zero-order valence-electron chi connectivity index (χ0n) is 16.4. The van der Waals surface area contributed by atoms with Crippen molar-refractivity contribution in [3.8, 4) is 0 Å². The van der Waals surface area contributed by atoms with Crippen LogP contribution in [0.25, 0.3) is 0 Å². The number of hydrogen-bond acceptors (Lipinski definition) is 3. The Balaban J connectivity index is 1.50. The van der Waals surface area contributed by atoms with Crippen molar-refractivity contribution in [2.75, 3.05) is 19.6 Å². The van der Waals surface area contributed by atoms with Crippen molar-refractivity contribution in [2.24, 2.45) is 5.92 Å². The maximum atomic E-state index is 12.0. The Morgan fingerprint density at radius 2 is 2.07 bits per heavy atom. The highest BCUT2D eigenvalue weighted by atomic mass is 16.1. The fourth-order valence-electron chi connectivity index (χ4n) is 6.22. The number of rotatable bonds is 3. The highest BCUT2D eigenvalue weighted by Gasteiger charge is 2.51. The summed E-state index contributed by atoms with van der Waals surface area (Å²) in [5.74, 6) is 0.990. The monoisotopic (exact) mass is 375 g/mol. The lowest BCUT2D eigenvalue weighted by atomic mass is 9.62. The van der Waals surface area contributed by atoms with Gasteiger partial charge in [-0.3, -0.25) is 9.78 Å². The molecule has 4 atom stereocenters. The van der Waals surface area contributed by atoms with Crippen LogP contribution in [0.4, 0.5) is 0 Å². The van der Waals surface area contributed by atoms with E-state index in [0.29, 0.717) is 11.8 Å². The number of carbonyl (C=O) groups excluding carboxylic acids is 1. The molecule has 0 bridgehead atoms. The molecule has 0 saturated carbocycles. The van der Waals surface area contributed by atoms with Crippen LogP contribution in [0, 0.1) is 5.92 Å². The van der Waals surface area contributed by atoms with Crippen LogP contribution in [0.15, 0.2) is 48.7 Å². The van der Waals surface area contributed by atoms with E-state index in [-0.39, 0.29) is 11.5 Å². The summed E-state index contributed by atoms with van der Waals surface area (Å²) in [7, 11) is 0. The van der Waals surface area contributed by atoms with Crippen LogP contribution in [0.1, 0.15) is 48.4 Å². The van der Waals surface area contributed by atoms with Gasteiger partial charge in [0.2, 0.25) is 6.41 Å². The van der Waals surface area contributed by atoms with E-state index in [1.165, 1.54) is 29.7 Å². The first-order valence-corrected chi connectivity index (χ1v) is 10.7. The van der Waals surface area contributed by atoms with Gasteiger partial charge in [-0.25, -0.2) is 0 Å². The van der Waals surface area contributed by atoms with E-state index in [4.69, 9.17) is 4.98 Å². The van der Waals surface area contributed by atoms with E-state index in [9.17, 15) is 4.79 Å². The predicted molar refractivity (Wildman–Crippen MR) is 110 cm³/mol. The molecule has 1 spiro atoms. The number of amides is 1. The number of piperidine rings is 1. The van der Waals surface area contributed by atoms with Crippen molar-refractivity contribution in [1.82, 2.24) is 15.2 Å². The van der Waals surface area contributed by atoms with Gasteiger partial charge in [-0.15, -0.1) is 0 Å². The summed E-state index contributed by atoms with van der Waals surface area (Å²) in [6, 6.07) is 15.5. The van der Waals surface area contributed by atoms with Gasteiger partial charge in [-0.2, -0.15) is 0 Å². The number of nitrogens with one attached hydrogen (secondary N) is 1. The molecule has 1 aliphatic carbocycles. The number of likely N-dealkylation sites (tertiary alicyclic amines) is 1. The Hall–Kier alpha value is -2.20. The molecule has 2 unspecified atom stereocenters. The highest BCUT2D eigenvalue weighted by molar-refractivity contribution is 5.49. The number of hydrogen-bond donors (Lipinski definition) is 1. The largest absolute Gasteiger partial charge is 0.342 e. The van der Waals surface area contributed by atoms with Crippen molar-refractivity contribution in [3.05, 3.63) is 65.5 Å². The first kappa shape index (κ1) is 17.9. The van der Waals surface area contributed by atoms with E-state index in [1.807, 2.05) is 6.20 Å². The summed E-state index contributed by atoms with van der Waals surface area (Å²) in [5.41, 5.74) is 4.25. The molecule has 2 aromatic rings. The first-order chi connectivity index (χ1) is 13.8. The molecule has 4 nitrogen and oxygen atoms in total. The standard InChI is InChI=1S/C24H29N3O/c28-17-27-13-10-19(18-6-2-1-3-7-18)14-23(27)21-15-25-16-24(21)11-4-9-22-20(24)8-5-12-26-22/h1-3,5-8,12,17,19,21,23,25H,4,9-11,13-16H2/t19-,21?,23?,24-/m0/s1. The van der Waals surface area contributed by atoms with Crippen LogP contribution in [0.5, 0.6) is 0 Å². The third-order valence-electron chi connectivity index (χ3n) is 7.54. The van der Waals surface area contributed by atoms with Gasteiger partial charge in [0.15, 0.2) is 0 Å². The van der Waals surface area contributed by atoms with Gasteiger partial charge >= 0.3 is 0 Å². The number of benzene rings is 1. The van der Waals surface area contributed by atoms with E-state index >= 15 is 0 Å². The van der Waals surface area contributed by atoms with Gasteiger partial charge in [0.25, 0.3) is 0 Å². The number of carbonyl (C=O) groups is 1. The lowest BCUT2D eigenvalue weighted by Crippen LogP contribution is -2.53. The topological polar surface area (TPSA) is 45.2 Å². The summed E-state index contributed by atoms with van der Waals surface area (Å²) in [6.07, 6.45) is 8.63. The van der Waals surface area contributed by atoms with Gasteiger partial charge in [-0.05, 0) is 55.2 Å². The number of nitrogens with zero attached hydrogens (tertiary/aromatic N) is 2. The molecule has 4 heteroatoms. The van der Waals surface area contributed by atoms with Gasteiger partial charge in [0.1, 0.15) is 0 Å². The second-order valence-electron chi connectivity index (χ2n) is 8.79. The second-order valence-corrected chi connectivity index (χ2v) is 8.79. The molecular weight excluding hydrogens is 346 g/mol. The molecule has 3 aliphatic rings. The smallest absolute Gasteiger partial charge is 0.209 e. The highest BCUT2D eigenvalue weighted by Crippen LogP contribution is 2.49. The van der Waals surface area contributed by atoms with Crippen LogP contribution in [-0.4, -0.2) is 42.0 Å². The maximum Gasteiger partial charge on any atom is 0.209 e. The van der Waals surface area contributed by atoms with Crippen molar-refractivity contribution in [2.45, 2.75) is 49.5 Å². The molecule has 2 aliphatic heterocycles. The van der Waals surface area contributed by atoms with E-state index < -0.39 is 0 Å². The van der Waals surface area contributed by atoms with Gasteiger partial charge < -0.3 is 10.2 Å². The molecule has 0 radical (unpaired) electrons. The third-order valence-corrected chi connectivity index (χ3v) is 7.54. The molecule has 28 heavy (non-hydrogen) atoms. The molecule has 2 fully saturated rings. The van der Waals surface area contributed by atoms with Gasteiger partial charge in [-0.1, -0.05) is 36.4 Å². The summed E-state index contributed by atoms with van der Waals surface area (Å²) >= 11 is 0. The van der Waals surface area contributed by atoms with Crippen LogP contribution in [0.3, 0.4) is 0 Å². The van der Waals surface area contributed by atoms with Crippen LogP contribution >= 0.6 is 0 Å². The lowest BCUT2D eigenvalue weighted by Gasteiger charge is -2.48. The molecule has 5 rings (SSSR count). The summed E-state index contributed by atoms with van der Waals surface area (Å²) < 4.78 is 0. The van der Waals surface area contributed by atoms with Crippen LogP contribution in [-0.2, 0) is 16.6 Å². The van der Waals surface area contributed by atoms with E-state index in [0.717, 1.165) is 45.3 Å². The Morgan fingerprint density at radius 3 is 2.93 bits per heavy atom. The van der Waals surface area contributed by atoms with Crippen molar-refractivity contribution in [3.63, 3.8) is 0 Å². The molecule has 3 heterocycles. The Kier molecular flexibility index (Phi) is 4.67. The molecule has 2 saturated heterocycles. The van der Waals surface area contributed by atoms with Gasteiger partial charge in [0, 0.05) is 48.9 Å². The molecule has 1 amide bonds. The van der Waals surface area contributed by atoms with Crippen LogP contribution in [0.2, 0.25) is 0 Å². The normalized spacial score (nSPS) is 32.3. The number of pyridine rings is 1. The zero-order chi connectivity index (χ0) is 19.0. The van der Waals surface area contributed by atoms with Crippen molar-refractivity contribution >= 4 is 6.41 Å². The number of aromatic nitrogens is 1. The fraction of sp³-hybridized carbons (Fsp3) is 0.500. The van der Waals surface area contributed by atoms with Gasteiger partial charge in [0.05, 0.1) is 0 Å². The number of aryl methyl sites for hydroxylation is 1. The summed E-state index contributed by atoms with van der Waals surface area (Å²) in [4.78, 5) is 18.8. The Bertz CT molecular complexity index is 839. The average molecular weight is 376 g/mol. The Labute approximate surface area is 167 Å². The minimum Gasteiger partial charge on any atom is -0.342 e. The summed E-state index contributed by atoms with van der Waals surface area (Å²) in [6.45, 7) is 2.86. The molecule has 1 aromatic carbocycles. The van der Waals surface area contributed by atoms with E-state index in [1.54, 1.807) is 0 Å². The number of fused-ring (bicyclic) bond motifs is 2. The Morgan fingerprint density at radius 1 is 1.18 bits per heavy atom. The SMILES string of the molecule is O=CN1CC[C@H](c2ccccc2)CC1C1CNC[C@]12CCCc1ncccc12. The first-order valence-electron chi connectivity index (χ1n) is 10.7. The minimum atomic E-state index is 0.117. The second kappa shape index (κ2) is 7.32. The van der Waals surface area contributed by atoms with Crippen LogP contribution < -0.4 is 5.32 Å². The predicted octanol–water partition coefficient (Wildman–Crippen LogP) is 3.28. The maximum absolute atomic E-state index is 12.0. The summed E-state index contributed by atoms with van der Waals surface area (Å²) in [5, 5.41) is 3.70. The zero-order valence-corrected chi connectivity index (χ0v) is 16.4. The lowest BCUT2D eigenvalue weighted by molar-refractivity contribution is -0.123. The molecule has 1 aromatic heterocycles. The fourth-order valence-corrected chi connectivity index (χ4v) is 6.22. The average Bonchev–Trinajstić information content (AvgIpc) is 3.18. The van der Waals surface area contributed by atoms with Crippen molar-refractivity contribution in [1.29, 1.82) is 0 Å². The third kappa shape index (κ3) is 2.86. The quantitative estimate of drug-likeness (QED) is 0.838. The van der Waals surface area contributed by atoms with E-state index in [2.05, 4.69) is 52.7 Å².